The van der Waals surface area contributed by atoms with E-state index in [0.29, 0.717) is 16.7 Å². The Balaban J connectivity index is 1.90. The standard InChI is InChI=1S/C11H11ClN4O2/c1-16-7-13-15-11(16)14-10(17)6-18-9-5-3-2-4-8(9)12/h2-5,7H,6H2,1H3,(H,14,15,17). The highest BCUT2D eigenvalue weighted by Gasteiger charge is 2.08. The Morgan fingerprint density at radius 1 is 1.50 bits per heavy atom. The fourth-order valence-corrected chi connectivity index (χ4v) is 1.45. The van der Waals surface area contributed by atoms with Gasteiger partial charge in [-0.3, -0.25) is 10.1 Å². The van der Waals surface area contributed by atoms with Gasteiger partial charge in [-0.15, -0.1) is 10.2 Å². The molecular weight excluding hydrogens is 256 g/mol. The maximum absolute atomic E-state index is 11.6. The summed E-state index contributed by atoms with van der Waals surface area (Å²) in [6.45, 7) is -0.142. The van der Waals surface area contributed by atoms with E-state index in [4.69, 9.17) is 16.3 Å². The fourth-order valence-electron chi connectivity index (χ4n) is 1.26. The summed E-state index contributed by atoms with van der Waals surface area (Å²) in [6, 6.07) is 6.95. The number of aryl methyl sites for hydroxylation is 1. The average molecular weight is 267 g/mol. The van der Waals surface area contributed by atoms with Gasteiger partial charge in [0.2, 0.25) is 5.95 Å². The molecule has 0 bridgehead atoms. The zero-order chi connectivity index (χ0) is 13.0. The number of benzene rings is 1. The van der Waals surface area contributed by atoms with Gasteiger partial charge in [-0.1, -0.05) is 23.7 Å². The summed E-state index contributed by atoms with van der Waals surface area (Å²) in [5.74, 6) is 0.501. The molecule has 0 saturated heterocycles. The minimum Gasteiger partial charge on any atom is -0.482 e. The molecule has 0 aliphatic rings. The molecule has 2 rings (SSSR count). The van der Waals surface area contributed by atoms with E-state index >= 15 is 0 Å². The second-order valence-electron chi connectivity index (χ2n) is 3.53. The van der Waals surface area contributed by atoms with Crippen LogP contribution in [0.2, 0.25) is 5.02 Å². The summed E-state index contributed by atoms with van der Waals surface area (Å²) in [6.07, 6.45) is 1.49. The molecule has 0 atom stereocenters. The molecule has 0 aliphatic heterocycles. The predicted octanol–water partition coefficient (Wildman–Crippen LogP) is 1.49. The van der Waals surface area contributed by atoms with E-state index in [-0.39, 0.29) is 12.5 Å². The first-order valence-electron chi connectivity index (χ1n) is 5.18. The minimum atomic E-state index is -0.328. The molecule has 1 aromatic heterocycles. The van der Waals surface area contributed by atoms with E-state index < -0.39 is 0 Å². The van der Waals surface area contributed by atoms with Gasteiger partial charge in [0.05, 0.1) is 5.02 Å². The fraction of sp³-hybridized carbons (Fsp3) is 0.182. The quantitative estimate of drug-likeness (QED) is 0.910. The maximum Gasteiger partial charge on any atom is 0.264 e. The Hall–Kier alpha value is -2.08. The molecule has 2 aromatic rings. The summed E-state index contributed by atoms with van der Waals surface area (Å²) in [5.41, 5.74) is 0. The number of nitrogens with zero attached hydrogens (tertiary/aromatic N) is 3. The van der Waals surface area contributed by atoms with Crippen molar-refractivity contribution in [1.82, 2.24) is 14.8 Å². The topological polar surface area (TPSA) is 69.0 Å². The molecule has 1 heterocycles. The summed E-state index contributed by atoms with van der Waals surface area (Å²) in [4.78, 5) is 11.6. The number of aromatic nitrogens is 3. The summed E-state index contributed by atoms with van der Waals surface area (Å²) >= 11 is 5.89. The zero-order valence-corrected chi connectivity index (χ0v) is 10.4. The van der Waals surface area contributed by atoms with Gasteiger partial charge in [-0.05, 0) is 12.1 Å². The molecule has 6 nitrogen and oxygen atoms in total. The van der Waals surface area contributed by atoms with Crippen molar-refractivity contribution < 1.29 is 9.53 Å². The Bertz CT molecular complexity index is 555. The van der Waals surface area contributed by atoms with Crippen LogP contribution in [0.25, 0.3) is 0 Å². The zero-order valence-electron chi connectivity index (χ0n) is 9.63. The maximum atomic E-state index is 11.6. The first-order chi connectivity index (χ1) is 8.66. The second-order valence-corrected chi connectivity index (χ2v) is 3.94. The van der Waals surface area contributed by atoms with Crippen LogP contribution in [0.3, 0.4) is 0 Å². The van der Waals surface area contributed by atoms with Crippen LogP contribution < -0.4 is 10.1 Å². The van der Waals surface area contributed by atoms with Crippen LogP contribution in [-0.4, -0.2) is 27.3 Å². The number of rotatable bonds is 4. The smallest absolute Gasteiger partial charge is 0.264 e. The second kappa shape index (κ2) is 5.50. The SMILES string of the molecule is Cn1cnnc1NC(=O)COc1ccccc1Cl. The van der Waals surface area contributed by atoms with Crippen LogP contribution in [0.1, 0.15) is 0 Å². The van der Waals surface area contributed by atoms with E-state index in [1.807, 2.05) is 0 Å². The summed E-state index contributed by atoms with van der Waals surface area (Å²) in [7, 11) is 1.73. The lowest BCUT2D eigenvalue weighted by molar-refractivity contribution is -0.118. The van der Waals surface area contributed by atoms with E-state index in [2.05, 4.69) is 15.5 Å². The number of hydrogen-bond acceptors (Lipinski definition) is 4. The van der Waals surface area contributed by atoms with Gasteiger partial charge >= 0.3 is 0 Å². The van der Waals surface area contributed by atoms with Crippen molar-refractivity contribution in [3.63, 3.8) is 0 Å². The molecular formula is C11H11ClN4O2. The van der Waals surface area contributed by atoms with Gasteiger partial charge in [0.25, 0.3) is 5.91 Å². The van der Waals surface area contributed by atoms with Crippen LogP contribution in [0, 0.1) is 0 Å². The third-order valence-electron chi connectivity index (χ3n) is 2.16. The number of anilines is 1. The average Bonchev–Trinajstić information content (AvgIpc) is 2.74. The number of amides is 1. The van der Waals surface area contributed by atoms with Crippen molar-refractivity contribution in [2.24, 2.45) is 7.05 Å². The van der Waals surface area contributed by atoms with E-state index in [0.717, 1.165) is 0 Å². The highest BCUT2D eigenvalue weighted by molar-refractivity contribution is 6.32. The number of carbonyl (C=O) groups is 1. The van der Waals surface area contributed by atoms with Gasteiger partial charge in [-0.2, -0.15) is 0 Å². The molecule has 0 aliphatic carbocycles. The Labute approximate surface area is 109 Å². The normalized spacial score (nSPS) is 10.1. The van der Waals surface area contributed by atoms with Gasteiger partial charge < -0.3 is 9.30 Å². The molecule has 18 heavy (non-hydrogen) atoms. The summed E-state index contributed by atoms with van der Waals surface area (Å²) < 4.78 is 6.88. The van der Waals surface area contributed by atoms with Crippen LogP contribution in [0.5, 0.6) is 5.75 Å². The molecule has 7 heteroatoms. The highest BCUT2D eigenvalue weighted by atomic mass is 35.5. The van der Waals surface area contributed by atoms with Crippen LogP contribution >= 0.6 is 11.6 Å². The van der Waals surface area contributed by atoms with Crippen LogP contribution in [0.15, 0.2) is 30.6 Å². The monoisotopic (exact) mass is 266 g/mol. The van der Waals surface area contributed by atoms with E-state index in [1.165, 1.54) is 6.33 Å². The molecule has 1 amide bonds. The number of hydrogen-bond donors (Lipinski definition) is 1. The van der Waals surface area contributed by atoms with Gasteiger partial charge in [-0.25, -0.2) is 0 Å². The lowest BCUT2D eigenvalue weighted by Crippen LogP contribution is -2.22. The first-order valence-corrected chi connectivity index (χ1v) is 5.56. The van der Waals surface area contributed by atoms with Gasteiger partial charge in [0.15, 0.2) is 6.61 Å². The molecule has 0 fully saturated rings. The largest absolute Gasteiger partial charge is 0.482 e. The number of halogens is 1. The lowest BCUT2D eigenvalue weighted by atomic mass is 10.3. The third kappa shape index (κ3) is 2.98. The Morgan fingerprint density at radius 3 is 2.94 bits per heavy atom. The van der Waals surface area contributed by atoms with Crippen LogP contribution in [-0.2, 0) is 11.8 Å². The van der Waals surface area contributed by atoms with Crippen molar-refractivity contribution in [3.8, 4) is 5.75 Å². The predicted molar refractivity (Wildman–Crippen MR) is 66.6 cm³/mol. The number of nitrogens with one attached hydrogen (secondary N) is 1. The van der Waals surface area contributed by atoms with Crippen molar-refractivity contribution in [3.05, 3.63) is 35.6 Å². The third-order valence-corrected chi connectivity index (χ3v) is 2.47. The van der Waals surface area contributed by atoms with Crippen molar-refractivity contribution in [2.75, 3.05) is 11.9 Å². The molecule has 0 spiro atoms. The molecule has 1 aromatic carbocycles. The Morgan fingerprint density at radius 2 is 2.28 bits per heavy atom. The van der Waals surface area contributed by atoms with Gasteiger partial charge in [0.1, 0.15) is 12.1 Å². The van der Waals surface area contributed by atoms with E-state index in [9.17, 15) is 4.79 Å². The number of para-hydroxylation sites is 1. The molecule has 0 saturated carbocycles. The highest BCUT2D eigenvalue weighted by Crippen LogP contribution is 2.22. The van der Waals surface area contributed by atoms with Crippen molar-refractivity contribution in [1.29, 1.82) is 0 Å². The minimum absolute atomic E-state index is 0.142. The van der Waals surface area contributed by atoms with Gasteiger partial charge in [0, 0.05) is 7.05 Å². The molecule has 94 valence electrons. The van der Waals surface area contributed by atoms with E-state index in [1.54, 1.807) is 35.9 Å². The summed E-state index contributed by atoms with van der Waals surface area (Å²) in [5, 5.41) is 10.4. The number of ether oxygens (including phenoxy) is 1. The molecule has 0 unspecified atom stereocenters. The lowest BCUT2D eigenvalue weighted by Gasteiger charge is -2.07. The van der Waals surface area contributed by atoms with Crippen molar-refractivity contribution >= 4 is 23.5 Å². The number of carbonyl (C=O) groups excluding carboxylic acids is 1. The molecule has 0 radical (unpaired) electrons. The van der Waals surface area contributed by atoms with Crippen LogP contribution in [0.4, 0.5) is 5.95 Å². The Kier molecular flexibility index (Phi) is 3.78. The van der Waals surface area contributed by atoms with Crippen molar-refractivity contribution in [2.45, 2.75) is 0 Å². The first kappa shape index (κ1) is 12.4. The molecule has 1 N–H and O–H groups in total.